The number of benzene rings is 1. The average molecular weight is 356 g/mol. The van der Waals surface area contributed by atoms with Crippen molar-refractivity contribution in [1.82, 2.24) is 4.31 Å². The van der Waals surface area contributed by atoms with E-state index in [-0.39, 0.29) is 11.3 Å². The zero-order chi connectivity index (χ0) is 18.5. The van der Waals surface area contributed by atoms with Crippen molar-refractivity contribution in [1.29, 1.82) is 0 Å². The van der Waals surface area contributed by atoms with Gasteiger partial charge in [0.15, 0.2) is 6.10 Å². The molecule has 0 aliphatic rings. The van der Waals surface area contributed by atoms with Crippen molar-refractivity contribution < 1.29 is 22.7 Å². The Balaban J connectivity index is 2.95. The Morgan fingerprint density at radius 2 is 1.92 bits per heavy atom. The lowest BCUT2D eigenvalue weighted by atomic mass is 10.2. The summed E-state index contributed by atoms with van der Waals surface area (Å²) in [6.45, 7) is 5.06. The first kappa shape index (κ1) is 20.1. The number of aryl methyl sites for hydroxylation is 1. The number of sulfonamides is 1. The highest BCUT2D eigenvalue weighted by atomic mass is 32.2. The molecule has 0 aliphatic carbocycles. The van der Waals surface area contributed by atoms with Gasteiger partial charge in [0.25, 0.3) is 5.91 Å². The van der Waals surface area contributed by atoms with Crippen molar-refractivity contribution in [3.05, 3.63) is 23.8 Å². The second-order valence-corrected chi connectivity index (χ2v) is 7.79. The van der Waals surface area contributed by atoms with Crippen LogP contribution in [0.2, 0.25) is 0 Å². The first-order chi connectivity index (χ1) is 11.1. The van der Waals surface area contributed by atoms with Crippen molar-refractivity contribution in [2.75, 3.05) is 19.4 Å². The average Bonchev–Trinajstić information content (AvgIpc) is 2.49. The van der Waals surface area contributed by atoms with Gasteiger partial charge in [0, 0.05) is 26.2 Å². The molecule has 8 heteroatoms. The van der Waals surface area contributed by atoms with Gasteiger partial charge >= 0.3 is 5.97 Å². The van der Waals surface area contributed by atoms with Crippen LogP contribution in [0.1, 0.15) is 32.3 Å². The zero-order valence-electron chi connectivity index (χ0n) is 14.6. The van der Waals surface area contributed by atoms with Gasteiger partial charge in [-0.25, -0.2) is 12.7 Å². The summed E-state index contributed by atoms with van der Waals surface area (Å²) in [5, 5.41) is 2.61. The monoisotopic (exact) mass is 356 g/mol. The van der Waals surface area contributed by atoms with Crippen LogP contribution in [0.4, 0.5) is 5.69 Å². The lowest BCUT2D eigenvalue weighted by Crippen LogP contribution is -2.30. The second-order valence-electron chi connectivity index (χ2n) is 5.64. The molecule has 0 unspecified atom stereocenters. The molecule has 1 amide bonds. The van der Waals surface area contributed by atoms with Gasteiger partial charge in [-0.15, -0.1) is 0 Å². The molecule has 0 aliphatic heterocycles. The lowest BCUT2D eigenvalue weighted by molar-refractivity contribution is -0.153. The van der Waals surface area contributed by atoms with Crippen LogP contribution in [0.5, 0.6) is 0 Å². The maximum Gasteiger partial charge on any atom is 0.306 e. The van der Waals surface area contributed by atoms with Gasteiger partial charge in [-0.1, -0.05) is 13.0 Å². The molecule has 1 rings (SSSR count). The molecule has 0 fully saturated rings. The van der Waals surface area contributed by atoms with Crippen molar-refractivity contribution in [3.8, 4) is 0 Å². The van der Waals surface area contributed by atoms with Gasteiger partial charge in [0.2, 0.25) is 10.0 Å². The van der Waals surface area contributed by atoms with Crippen LogP contribution in [-0.2, 0) is 24.3 Å². The van der Waals surface area contributed by atoms with Crippen molar-refractivity contribution in [2.45, 2.75) is 44.6 Å². The smallest absolute Gasteiger partial charge is 0.306 e. The highest BCUT2D eigenvalue weighted by Crippen LogP contribution is 2.22. The van der Waals surface area contributed by atoms with Gasteiger partial charge in [-0.05, 0) is 38.0 Å². The van der Waals surface area contributed by atoms with Crippen molar-refractivity contribution in [3.63, 3.8) is 0 Å². The van der Waals surface area contributed by atoms with E-state index < -0.39 is 28.0 Å². The number of esters is 1. The summed E-state index contributed by atoms with van der Waals surface area (Å²) in [5.41, 5.74) is 1.06. The number of nitrogens with one attached hydrogen (secondary N) is 1. The number of amides is 1. The topological polar surface area (TPSA) is 92.8 Å². The summed E-state index contributed by atoms with van der Waals surface area (Å²) < 4.78 is 30.5. The van der Waals surface area contributed by atoms with E-state index in [0.717, 1.165) is 4.31 Å². The largest absolute Gasteiger partial charge is 0.453 e. The fourth-order valence-electron chi connectivity index (χ4n) is 1.86. The van der Waals surface area contributed by atoms with E-state index in [4.69, 9.17) is 4.74 Å². The predicted molar refractivity (Wildman–Crippen MR) is 91.1 cm³/mol. The summed E-state index contributed by atoms with van der Waals surface area (Å²) in [5.74, 6) is -0.956. The van der Waals surface area contributed by atoms with E-state index in [0.29, 0.717) is 17.7 Å². The fourth-order valence-corrected chi connectivity index (χ4v) is 2.78. The third-order valence-electron chi connectivity index (χ3n) is 3.38. The maximum atomic E-state index is 12.2. The lowest BCUT2D eigenvalue weighted by Gasteiger charge is -2.16. The van der Waals surface area contributed by atoms with Gasteiger partial charge < -0.3 is 10.1 Å². The van der Waals surface area contributed by atoms with E-state index in [1.807, 2.05) is 6.92 Å². The van der Waals surface area contributed by atoms with Crippen LogP contribution in [0.15, 0.2) is 23.1 Å². The number of ether oxygens (including phenoxy) is 1. The highest BCUT2D eigenvalue weighted by molar-refractivity contribution is 7.89. The van der Waals surface area contributed by atoms with E-state index in [9.17, 15) is 18.0 Å². The molecule has 0 radical (unpaired) electrons. The van der Waals surface area contributed by atoms with Crippen LogP contribution in [0.25, 0.3) is 0 Å². The van der Waals surface area contributed by atoms with Crippen LogP contribution >= 0.6 is 0 Å². The molecule has 134 valence electrons. The summed E-state index contributed by atoms with van der Waals surface area (Å²) in [7, 11) is -0.735. The molecule has 0 bridgehead atoms. The predicted octanol–water partition coefficient (Wildman–Crippen LogP) is 1.92. The molecule has 1 aromatic carbocycles. The Morgan fingerprint density at radius 1 is 1.29 bits per heavy atom. The van der Waals surface area contributed by atoms with E-state index in [1.165, 1.54) is 33.2 Å². The molecule has 1 aromatic rings. The quantitative estimate of drug-likeness (QED) is 0.754. The molecular formula is C16H24N2O5S. The van der Waals surface area contributed by atoms with Crippen molar-refractivity contribution in [2.24, 2.45) is 0 Å². The van der Waals surface area contributed by atoms with Crippen LogP contribution in [-0.4, -0.2) is 44.8 Å². The number of hydrogen-bond donors (Lipinski definition) is 1. The number of nitrogens with zero attached hydrogens (tertiary/aromatic N) is 1. The minimum Gasteiger partial charge on any atom is -0.453 e. The Labute approximate surface area is 143 Å². The van der Waals surface area contributed by atoms with Gasteiger partial charge in [0.1, 0.15) is 0 Å². The number of anilines is 1. The highest BCUT2D eigenvalue weighted by Gasteiger charge is 2.21. The van der Waals surface area contributed by atoms with Crippen LogP contribution < -0.4 is 5.32 Å². The first-order valence-corrected chi connectivity index (χ1v) is 9.07. The molecule has 0 heterocycles. The summed E-state index contributed by atoms with van der Waals surface area (Å²) >= 11 is 0. The number of rotatable bonds is 7. The molecule has 0 aromatic heterocycles. The normalized spacial score (nSPS) is 12.8. The standard InChI is InChI=1S/C16H24N2O5S/c1-6-7-15(19)23-12(3)16(20)17-14-10-13(9-8-11(14)2)24(21,22)18(4)5/h8-10,12H,6-7H2,1-5H3,(H,17,20)/t12-/m0/s1. The summed E-state index contributed by atoms with van der Waals surface area (Å²) in [4.78, 5) is 23.7. The minimum absolute atomic E-state index is 0.0732. The minimum atomic E-state index is -3.60. The SMILES string of the molecule is CCCC(=O)O[C@@H](C)C(=O)Nc1cc(S(=O)(=O)N(C)C)ccc1C. The first-order valence-electron chi connectivity index (χ1n) is 7.63. The Kier molecular flexibility index (Phi) is 6.92. The number of carbonyl (C=O) groups is 2. The molecule has 7 nitrogen and oxygen atoms in total. The maximum absolute atomic E-state index is 12.2. The number of hydrogen-bond acceptors (Lipinski definition) is 5. The third kappa shape index (κ3) is 5.04. The van der Waals surface area contributed by atoms with Gasteiger partial charge in [0.05, 0.1) is 4.90 Å². The van der Waals surface area contributed by atoms with E-state index in [2.05, 4.69) is 5.32 Å². The molecule has 1 atom stereocenters. The molecular weight excluding hydrogens is 332 g/mol. The Bertz CT molecular complexity index is 713. The van der Waals surface area contributed by atoms with Gasteiger partial charge in [-0.3, -0.25) is 9.59 Å². The molecule has 1 N–H and O–H groups in total. The third-order valence-corrected chi connectivity index (χ3v) is 5.19. The molecule has 24 heavy (non-hydrogen) atoms. The Hall–Kier alpha value is -1.93. The summed E-state index contributed by atoms with van der Waals surface area (Å²) in [6.07, 6.45) is -0.0817. The molecule has 0 saturated carbocycles. The van der Waals surface area contributed by atoms with Gasteiger partial charge in [-0.2, -0.15) is 0 Å². The van der Waals surface area contributed by atoms with Crippen molar-refractivity contribution >= 4 is 27.6 Å². The fraction of sp³-hybridized carbons (Fsp3) is 0.500. The van der Waals surface area contributed by atoms with Crippen LogP contribution in [0, 0.1) is 6.92 Å². The van der Waals surface area contributed by atoms with E-state index in [1.54, 1.807) is 13.0 Å². The Morgan fingerprint density at radius 3 is 2.46 bits per heavy atom. The summed E-state index contributed by atoms with van der Waals surface area (Å²) in [6, 6.07) is 4.48. The second kappa shape index (κ2) is 8.25. The van der Waals surface area contributed by atoms with Crippen LogP contribution in [0.3, 0.4) is 0 Å². The molecule has 0 saturated heterocycles. The zero-order valence-corrected chi connectivity index (χ0v) is 15.4. The molecule has 0 spiro atoms. The number of carbonyl (C=O) groups excluding carboxylic acids is 2. The van der Waals surface area contributed by atoms with E-state index >= 15 is 0 Å².